The third-order valence-corrected chi connectivity index (χ3v) is 3.07. The van der Waals surface area contributed by atoms with Crippen molar-refractivity contribution in [3.63, 3.8) is 0 Å². The van der Waals surface area contributed by atoms with Crippen molar-refractivity contribution >= 4 is 12.1 Å². The zero-order chi connectivity index (χ0) is 15.2. The standard InChI is InChI=1S/C15H25NO4/c1-15(2,3)20-14(18)16-12(13(17)19-4)10-11-8-6-5-7-9-11/h6,8,11-12H,5,7,9-10H2,1-4H3,(H,16,18)/t11?,12-/m0/s1. The molecular weight excluding hydrogens is 258 g/mol. The maximum Gasteiger partial charge on any atom is 0.408 e. The summed E-state index contributed by atoms with van der Waals surface area (Å²) in [5, 5.41) is 2.60. The lowest BCUT2D eigenvalue weighted by molar-refractivity contribution is -0.143. The van der Waals surface area contributed by atoms with Gasteiger partial charge in [-0.1, -0.05) is 12.2 Å². The van der Waals surface area contributed by atoms with E-state index < -0.39 is 23.7 Å². The van der Waals surface area contributed by atoms with Crippen LogP contribution in [0.1, 0.15) is 46.5 Å². The minimum atomic E-state index is -0.664. The molecule has 1 aliphatic rings. The largest absolute Gasteiger partial charge is 0.467 e. The van der Waals surface area contributed by atoms with Gasteiger partial charge in [0.25, 0.3) is 0 Å². The van der Waals surface area contributed by atoms with Crippen LogP contribution in [0.2, 0.25) is 0 Å². The van der Waals surface area contributed by atoms with E-state index in [0.29, 0.717) is 12.3 Å². The molecule has 1 amide bonds. The van der Waals surface area contributed by atoms with Gasteiger partial charge in [0, 0.05) is 0 Å². The first-order valence-corrected chi connectivity index (χ1v) is 7.06. The van der Waals surface area contributed by atoms with Crippen molar-refractivity contribution in [2.75, 3.05) is 7.11 Å². The molecule has 0 spiro atoms. The fourth-order valence-electron chi connectivity index (χ4n) is 2.19. The van der Waals surface area contributed by atoms with Gasteiger partial charge in [-0.3, -0.25) is 0 Å². The Labute approximate surface area is 120 Å². The molecule has 0 saturated heterocycles. The molecule has 0 radical (unpaired) electrons. The molecule has 0 aromatic heterocycles. The van der Waals surface area contributed by atoms with Crippen LogP contribution in [0, 0.1) is 5.92 Å². The summed E-state index contributed by atoms with van der Waals surface area (Å²) >= 11 is 0. The van der Waals surface area contributed by atoms with Gasteiger partial charge in [-0.25, -0.2) is 9.59 Å². The second-order valence-corrected chi connectivity index (χ2v) is 6.08. The Bertz CT molecular complexity index is 371. The summed E-state index contributed by atoms with van der Waals surface area (Å²) in [6.45, 7) is 5.34. The minimum absolute atomic E-state index is 0.294. The molecule has 1 rings (SSSR count). The van der Waals surface area contributed by atoms with Gasteiger partial charge < -0.3 is 14.8 Å². The van der Waals surface area contributed by atoms with Gasteiger partial charge in [0.05, 0.1) is 7.11 Å². The van der Waals surface area contributed by atoms with Crippen molar-refractivity contribution in [2.24, 2.45) is 5.92 Å². The van der Waals surface area contributed by atoms with Gasteiger partial charge in [0.2, 0.25) is 0 Å². The molecule has 0 aromatic carbocycles. The van der Waals surface area contributed by atoms with E-state index >= 15 is 0 Å². The van der Waals surface area contributed by atoms with Crippen molar-refractivity contribution in [1.82, 2.24) is 5.32 Å². The zero-order valence-corrected chi connectivity index (χ0v) is 12.8. The van der Waals surface area contributed by atoms with Gasteiger partial charge in [0.1, 0.15) is 11.6 Å². The lowest BCUT2D eigenvalue weighted by Gasteiger charge is -2.25. The molecule has 0 saturated carbocycles. The van der Waals surface area contributed by atoms with E-state index in [-0.39, 0.29) is 0 Å². The van der Waals surface area contributed by atoms with E-state index in [1.54, 1.807) is 20.8 Å². The molecule has 0 bridgehead atoms. The molecule has 2 atom stereocenters. The topological polar surface area (TPSA) is 64.6 Å². The number of hydrogen-bond donors (Lipinski definition) is 1. The summed E-state index contributed by atoms with van der Waals surface area (Å²) in [4.78, 5) is 23.5. The molecular formula is C15H25NO4. The molecule has 1 unspecified atom stereocenters. The highest BCUT2D eigenvalue weighted by Crippen LogP contribution is 2.22. The van der Waals surface area contributed by atoms with Crippen LogP contribution in [0.15, 0.2) is 12.2 Å². The van der Waals surface area contributed by atoms with Crippen LogP contribution in [0.25, 0.3) is 0 Å². The maximum atomic E-state index is 11.8. The van der Waals surface area contributed by atoms with Crippen LogP contribution in [0.3, 0.4) is 0 Å². The number of methoxy groups -OCH3 is 1. The Morgan fingerprint density at radius 3 is 2.60 bits per heavy atom. The zero-order valence-electron chi connectivity index (χ0n) is 12.8. The van der Waals surface area contributed by atoms with Crippen LogP contribution in [0.5, 0.6) is 0 Å². The summed E-state index contributed by atoms with van der Waals surface area (Å²) in [5.74, 6) is -0.141. The van der Waals surface area contributed by atoms with Gasteiger partial charge >= 0.3 is 12.1 Å². The highest BCUT2D eigenvalue weighted by Gasteiger charge is 2.27. The third-order valence-electron chi connectivity index (χ3n) is 3.07. The SMILES string of the molecule is COC(=O)[C@H](CC1C=CCCC1)NC(=O)OC(C)(C)C. The summed E-state index contributed by atoms with van der Waals surface area (Å²) in [6, 6.07) is -0.664. The Balaban J connectivity index is 2.60. The van der Waals surface area contributed by atoms with Gasteiger partial charge in [-0.2, -0.15) is 0 Å². The molecule has 0 aromatic rings. The number of carbonyl (C=O) groups excluding carboxylic acids is 2. The number of amides is 1. The number of hydrogen-bond acceptors (Lipinski definition) is 4. The summed E-state index contributed by atoms with van der Waals surface area (Å²) < 4.78 is 9.93. The van der Waals surface area contributed by atoms with Crippen LogP contribution in [-0.4, -0.2) is 30.8 Å². The first kappa shape index (κ1) is 16.5. The fourth-order valence-corrected chi connectivity index (χ4v) is 2.19. The molecule has 20 heavy (non-hydrogen) atoms. The Morgan fingerprint density at radius 2 is 2.10 bits per heavy atom. The second-order valence-electron chi connectivity index (χ2n) is 6.08. The van der Waals surface area contributed by atoms with Gasteiger partial charge in [-0.15, -0.1) is 0 Å². The molecule has 0 heterocycles. The van der Waals surface area contributed by atoms with E-state index in [9.17, 15) is 9.59 Å². The first-order valence-electron chi connectivity index (χ1n) is 7.06. The highest BCUT2D eigenvalue weighted by molar-refractivity contribution is 5.81. The van der Waals surface area contributed by atoms with Gasteiger partial charge in [0.15, 0.2) is 0 Å². The predicted molar refractivity (Wildman–Crippen MR) is 76.3 cm³/mol. The number of carbonyl (C=O) groups is 2. The predicted octanol–water partition coefficient (Wildman–Crippen LogP) is 2.80. The number of rotatable bonds is 4. The minimum Gasteiger partial charge on any atom is -0.467 e. The Kier molecular flexibility index (Phi) is 6.05. The summed E-state index contributed by atoms with van der Waals surface area (Å²) in [5.41, 5.74) is -0.588. The van der Waals surface area contributed by atoms with E-state index in [1.165, 1.54) is 7.11 Å². The smallest absolute Gasteiger partial charge is 0.408 e. The van der Waals surface area contributed by atoms with E-state index in [1.807, 2.05) is 0 Å². The average Bonchev–Trinajstić information content (AvgIpc) is 2.36. The van der Waals surface area contributed by atoms with E-state index in [2.05, 4.69) is 17.5 Å². The molecule has 0 fully saturated rings. The Morgan fingerprint density at radius 1 is 1.40 bits per heavy atom. The first-order chi connectivity index (χ1) is 9.31. The lowest BCUT2D eigenvalue weighted by Crippen LogP contribution is -2.45. The fraction of sp³-hybridized carbons (Fsp3) is 0.733. The summed E-state index contributed by atoms with van der Waals surface area (Å²) in [6.07, 6.45) is 7.40. The Hall–Kier alpha value is -1.52. The summed E-state index contributed by atoms with van der Waals surface area (Å²) in [7, 11) is 1.32. The number of alkyl carbamates (subject to hydrolysis) is 1. The maximum absolute atomic E-state index is 11.8. The quantitative estimate of drug-likeness (QED) is 0.636. The molecule has 1 aliphatic carbocycles. The van der Waals surface area contributed by atoms with Gasteiger partial charge in [-0.05, 0) is 52.4 Å². The number of allylic oxidation sites excluding steroid dienone is 2. The van der Waals surface area contributed by atoms with Crippen molar-refractivity contribution in [3.8, 4) is 0 Å². The molecule has 5 heteroatoms. The van der Waals surface area contributed by atoms with Crippen LogP contribution >= 0.6 is 0 Å². The molecule has 1 N–H and O–H groups in total. The van der Waals surface area contributed by atoms with Crippen LogP contribution in [-0.2, 0) is 14.3 Å². The molecule has 5 nitrogen and oxygen atoms in total. The van der Waals surface area contributed by atoms with E-state index in [4.69, 9.17) is 9.47 Å². The van der Waals surface area contributed by atoms with Crippen molar-refractivity contribution in [3.05, 3.63) is 12.2 Å². The lowest BCUT2D eigenvalue weighted by atomic mass is 9.90. The number of nitrogens with one attached hydrogen (secondary N) is 1. The van der Waals surface area contributed by atoms with Crippen molar-refractivity contribution in [1.29, 1.82) is 0 Å². The van der Waals surface area contributed by atoms with Crippen molar-refractivity contribution in [2.45, 2.75) is 58.1 Å². The number of esters is 1. The second kappa shape index (κ2) is 7.31. The van der Waals surface area contributed by atoms with Crippen LogP contribution in [0.4, 0.5) is 4.79 Å². The normalized spacial score (nSPS) is 20.1. The third kappa shape index (κ3) is 6.08. The van der Waals surface area contributed by atoms with Crippen LogP contribution < -0.4 is 5.32 Å². The van der Waals surface area contributed by atoms with Crippen molar-refractivity contribution < 1.29 is 19.1 Å². The van der Waals surface area contributed by atoms with E-state index in [0.717, 1.165) is 19.3 Å². The monoisotopic (exact) mass is 283 g/mol. The number of ether oxygens (including phenoxy) is 2. The molecule has 114 valence electrons. The molecule has 0 aliphatic heterocycles. The highest BCUT2D eigenvalue weighted by atomic mass is 16.6. The average molecular weight is 283 g/mol.